The number of pyridine rings is 1. The van der Waals surface area contributed by atoms with Crippen LogP contribution in [0.4, 0.5) is 10.5 Å². The number of amides is 3. The first kappa shape index (κ1) is 20.4. The number of aromatic nitrogens is 1. The highest BCUT2D eigenvalue weighted by atomic mass is 16.2. The van der Waals surface area contributed by atoms with Crippen LogP contribution in [0, 0.1) is 0 Å². The molecule has 0 unspecified atom stereocenters. The van der Waals surface area contributed by atoms with Crippen molar-refractivity contribution in [1.29, 1.82) is 0 Å². The van der Waals surface area contributed by atoms with E-state index in [1.165, 1.54) is 0 Å². The van der Waals surface area contributed by atoms with E-state index in [2.05, 4.69) is 22.5 Å². The molecule has 0 aliphatic rings. The number of hydrogen-bond acceptors (Lipinski definition) is 3. The Morgan fingerprint density at radius 3 is 2.56 bits per heavy atom. The van der Waals surface area contributed by atoms with Gasteiger partial charge in [-0.2, -0.15) is 0 Å². The number of hydrogen-bond donors (Lipinski definition) is 2. The average molecular weight is 368 g/mol. The van der Waals surface area contributed by atoms with Crippen molar-refractivity contribution < 1.29 is 9.59 Å². The third-order valence-corrected chi connectivity index (χ3v) is 3.99. The van der Waals surface area contributed by atoms with Gasteiger partial charge in [0, 0.05) is 42.8 Å². The molecule has 0 saturated carbocycles. The Balaban J connectivity index is 2.08. The Morgan fingerprint density at radius 2 is 1.89 bits per heavy atom. The van der Waals surface area contributed by atoms with Gasteiger partial charge in [-0.05, 0) is 56.2 Å². The van der Waals surface area contributed by atoms with E-state index in [-0.39, 0.29) is 18.0 Å². The minimum atomic E-state index is -0.179. The van der Waals surface area contributed by atoms with Crippen molar-refractivity contribution in [1.82, 2.24) is 15.2 Å². The molecule has 2 aromatic rings. The molecule has 0 aliphatic heterocycles. The number of carbonyl (C=O) groups is 2. The van der Waals surface area contributed by atoms with Crippen molar-refractivity contribution in [3.63, 3.8) is 0 Å². The van der Waals surface area contributed by atoms with Crippen molar-refractivity contribution in [2.24, 2.45) is 0 Å². The Morgan fingerprint density at radius 1 is 1.15 bits per heavy atom. The summed E-state index contributed by atoms with van der Waals surface area (Å²) in [7, 11) is 0. The van der Waals surface area contributed by atoms with E-state index in [9.17, 15) is 9.59 Å². The lowest BCUT2D eigenvalue weighted by Crippen LogP contribution is -2.35. The van der Waals surface area contributed by atoms with Gasteiger partial charge in [0.25, 0.3) is 5.91 Å². The molecule has 144 valence electrons. The molecule has 0 radical (unpaired) electrons. The van der Waals surface area contributed by atoms with Crippen molar-refractivity contribution in [3.05, 3.63) is 59.9 Å². The fourth-order valence-corrected chi connectivity index (χ4v) is 2.60. The SMILES string of the molecule is CCCCN(Cc1ccncc1)C(=O)Nc1cccc(C(=O)NC(C)C)c1. The minimum absolute atomic E-state index is 0.0562. The first-order valence-corrected chi connectivity index (χ1v) is 9.35. The lowest BCUT2D eigenvalue weighted by atomic mass is 10.1. The zero-order chi connectivity index (χ0) is 19.6. The summed E-state index contributed by atoms with van der Waals surface area (Å²) >= 11 is 0. The number of urea groups is 1. The van der Waals surface area contributed by atoms with Gasteiger partial charge in [0.15, 0.2) is 0 Å². The highest BCUT2D eigenvalue weighted by molar-refractivity contribution is 5.97. The summed E-state index contributed by atoms with van der Waals surface area (Å²) in [5, 5.41) is 5.77. The van der Waals surface area contributed by atoms with Gasteiger partial charge in [-0.15, -0.1) is 0 Å². The summed E-state index contributed by atoms with van der Waals surface area (Å²) in [4.78, 5) is 30.7. The standard InChI is InChI=1S/C21H28N4O2/c1-4-5-13-25(15-17-9-11-22-12-10-17)21(27)24-19-8-6-7-18(14-19)20(26)23-16(2)3/h6-12,14,16H,4-5,13,15H2,1-3H3,(H,23,26)(H,24,27). The predicted molar refractivity (Wildman–Crippen MR) is 108 cm³/mol. The van der Waals surface area contributed by atoms with Crippen LogP contribution in [-0.4, -0.2) is 34.4 Å². The third-order valence-electron chi connectivity index (χ3n) is 3.99. The van der Waals surface area contributed by atoms with Crippen LogP contribution in [0.2, 0.25) is 0 Å². The molecule has 0 saturated heterocycles. The van der Waals surface area contributed by atoms with Crippen LogP contribution in [0.1, 0.15) is 49.5 Å². The van der Waals surface area contributed by atoms with E-state index in [1.54, 1.807) is 41.6 Å². The van der Waals surface area contributed by atoms with Crippen LogP contribution in [-0.2, 0) is 6.54 Å². The monoisotopic (exact) mass is 368 g/mol. The van der Waals surface area contributed by atoms with Gasteiger partial charge >= 0.3 is 6.03 Å². The molecule has 6 nitrogen and oxygen atoms in total. The van der Waals surface area contributed by atoms with Crippen LogP contribution in [0.3, 0.4) is 0 Å². The molecule has 1 heterocycles. The summed E-state index contributed by atoms with van der Waals surface area (Å²) in [6, 6.07) is 10.7. The van der Waals surface area contributed by atoms with E-state index in [0.717, 1.165) is 18.4 Å². The number of rotatable bonds is 8. The number of carbonyl (C=O) groups excluding carboxylic acids is 2. The summed E-state index contributed by atoms with van der Waals surface area (Å²) < 4.78 is 0. The fourth-order valence-electron chi connectivity index (χ4n) is 2.60. The third kappa shape index (κ3) is 6.73. The molecule has 2 N–H and O–H groups in total. The molecule has 0 atom stereocenters. The van der Waals surface area contributed by atoms with Gasteiger partial charge in [0.2, 0.25) is 0 Å². The zero-order valence-electron chi connectivity index (χ0n) is 16.2. The van der Waals surface area contributed by atoms with Crippen LogP contribution in [0.25, 0.3) is 0 Å². The van der Waals surface area contributed by atoms with E-state index in [1.807, 2.05) is 26.0 Å². The van der Waals surface area contributed by atoms with Gasteiger partial charge in [0.1, 0.15) is 0 Å². The Kier molecular flexibility index (Phi) is 7.79. The molecule has 0 spiro atoms. The van der Waals surface area contributed by atoms with E-state index in [0.29, 0.717) is 24.3 Å². The maximum Gasteiger partial charge on any atom is 0.322 e. The molecule has 1 aromatic carbocycles. The molecule has 6 heteroatoms. The molecule has 3 amide bonds. The molecule has 0 bridgehead atoms. The van der Waals surface area contributed by atoms with Crippen molar-refractivity contribution in [2.75, 3.05) is 11.9 Å². The minimum Gasteiger partial charge on any atom is -0.350 e. The lowest BCUT2D eigenvalue weighted by Gasteiger charge is -2.23. The van der Waals surface area contributed by atoms with Crippen molar-refractivity contribution >= 4 is 17.6 Å². The fraction of sp³-hybridized carbons (Fsp3) is 0.381. The lowest BCUT2D eigenvalue weighted by molar-refractivity contribution is 0.0943. The zero-order valence-corrected chi connectivity index (χ0v) is 16.2. The van der Waals surface area contributed by atoms with Crippen molar-refractivity contribution in [2.45, 2.75) is 46.2 Å². The number of anilines is 1. The molecular weight excluding hydrogens is 340 g/mol. The Hall–Kier alpha value is -2.89. The number of nitrogens with zero attached hydrogens (tertiary/aromatic N) is 2. The Labute approximate surface area is 161 Å². The maximum absolute atomic E-state index is 12.8. The first-order valence-electron chi connectivity index (χ1n) is 9.35. The van der Waals surface area contributed by atoms with E-state index >= 15 is 0 Å². The largest absolute Gasteiger partial charge is 0.350 e. The number of unbranched alkanes of at least 4 members (excludes halogenated alkanes) is 1. The van der Waals surface area contributed by atoms with Gasteiger partial charge in [-0.25, -0.2) is 4.79 Å². The summed E-state index contributed by atoms with van der Waals surface area (Å²) in [5.41, 5.74) is 2.16. The molecule has 0 aliphatic carbocycles. The van der Waals surface area contributed by atoms with Gasteiger partial charge in [-0.3, -0.25) is 9.78 Å². The van der Waals surface area contributed by atoms with E-state index in [4.69, 9.17) is 0 Å². The summed E-state index contributed by atoms with van der Waals surface area (Å²) in [6.07, 6.45) is 5.38. The van der Waals surface area contributed by atoms with Gasteiger partial charge < -0.3 is 15.5 Å². The van der Waals surface area contributed by atoms with Crippen molar-refractivity contribution in [3.8, 4) is 0 Å². The molecule has 0 fully saturated rings. The highest BCUT2D eigenvalue weighted by Gasteiger charge is 2.15. The van der Waals surface area contributed by atoms with Crippen LogP contribution >= 0.6 is 0 Å². The molecular formula is C21H28N4O2. The highest BCUT2D eigenvalue weighted by Crippen LogP contribution is 2.13. The quantitative estimate of drug-likeness (QED) is 0.738. The van der Waals surface area contributed by atoms with Gasteiger partial charge in [0.05, 0.1) is 0 Å². The molecule has 1 aromatic heterocycles. The second kappa shape index (κ2) is 10.3. The molecule has 2 rings (SSSR count). The number of benzene rings is 1. The first-order chi connectivity index (χ1) is 13.0. The smallest absolute Gasteiger partial charge is 0.322 e. The molecule has 27 heavy (non-hydrogen) atoms. The Bertz CT molecular complexity index is 747. The summed E-state index contributed by atoms with van der Waals surface area (Å²) in [5.74, 6) is -0.152. The van der Waals surface area contributed by atoms with Crippen LogP contribution in [0.5, 0.6) is 0 Å². The topological polar surface area (TPSA) is 74.3 Å². The van der Waals surface area contributed by atoms with Crippen LogP contribution < -0.4 is 10.6 Å². The normalized spacial score (nSPS) is 10.5. The van der Waals surface area contributed by atoms with Gasteiger partial charge in [-0.1, -0.05) is 19.4 Å². The predicted octanol–water partition coefficient (Wildman–Crippen LogP) is 4.05. The summed E-state index contributed by atoms with van der Waals surface area (Å²) in [6.45, 7) is 7.10. The maximum atomic E-state index is 12.8. The average Bonchev–Trinajstić information content (AvgIpc) is 2.65. The second-order valence-electron chi connectivity index (χ2n) is 6.77. The van der Waals surface area contributed by atoms with Crippen LogP contribution in [0.15, 0.2) is 48.8 Å². The van der Waals surface area contributed by atoms with E-state index < -0.39 is 0 Å². The second-order valence-corrected chi connectivity index (χ2v) is 6.77. The number of nitrogens with one attached hydrogen (secondary N) is 2.